The van der Waals surface area contributed by atoms with Crippen LogP contribution < -0.4 is 10.2 Å². The minimum Gasteiger partial charge on any atom is -0.383 e. The van der Waals surface area contributed by atoms with Gasteiger partial charge in [0, 0.05) is 26.7 Å². The molecule has 0 aliphatic rings. The van der Waals surface area contributed by atoms with Gasteiger partial charge in [-0.05, 0) is 25.1 Å². The van der Waals surface area contributed by atoms with Gasteiger partial charge in [0.15, 0.2) is 0 Å². The monoisotopic (exact) mass is 297 g/mol. The fourth-order valence-corrected chi connectivity index (χ4v) is 1.99. The highest BCUT2D eigenvalue weighted by molar-refractivity contribution is 6.31. The second-order valence-corrected chi connectivity index (χ2v) is 4.91. The van der Waals surface area contributed by atoms with Crippen LogP contribution in [0.1, 0.15) is 19.0 Å². The van der Waals surface area contributed by atoms with Gasteiger partial charge in [0.25, 0.3) is 0 Å². The molecule has 1 heterocycles. The van der Waals surface area contributed by atoms with Crippen molar-refractivity contribution in [2.45, 2.75) is 19.9 Å². The third-order valence-electron chi connectivity index (χ3n) is 2.86. The average molecular weight is 298 g/mol. The number of halogens is 1. The lowest BCUT2D eigenvalue weighted by molar-refractivity contribution is 0.205. The van der Waals surface area contributed by atoms with Crippen LogP contribution >= 0.6 is 11.6 Å². The Balaban J connectivity index is 2.80. The van der Waals surface area contributed by atoms with E-state index in [2.05, 4.69) is 28.7 Å². The number of nitrogens with one attached hydrogen (secondary N) is 1. The first kappa shape index (κ1) is 17.0. The predicted octanol–water partition coefficient (Wildman–Crippen LogP) is 2.87. The third-order valence-corrected chi connectivity index (χ3v) is 3.21. The topological polar surface area (TPSA) is 37.4 Å². The number of ether oxygens (including phenoxy) is 1. The minimum absolute atomic E-state index is 0.654. The molecule has 0 atom stereocenters. The summed E-state index contributed by atoms with van der Waals surface area (Å²) in [6.07, 6.45) is 2.95. The van der Waals surface area contributed by atoms with Crippen LogP contribution in [0.2, 0.25) is 5.02 Å². The zero-order valence-electron chi connectivity index (χ0n) is 12.4. The molecule has 0 bridgehead atoms. The van der Waals surface area contributed by atoms with Crippen molar-refractivity contribution in [3.05, 3.63) is 35.5 Å². The van der Waals surface area contributed by atoms with Gasteiger partial charge in [-0.3, -0.25) is 0 Å². The molecule has 0 fully saturated rings. The van der Waals surface area contributed by atoms with Gasteiger partial charge in [0.05, 0.1) is 17.3 Å². The standard InChI is InChI=1S/C15H24ClN3O/c1-4-8-17-12-14-13(16)6-7-15(18-14)19(9-5-2)10-11-20-3/h5-7,17H,2,4,8-12H2,1,3H3. The lowest BCUT2D eigenvalue weighted by atomic mass is 10.3. The highest BCUT2D eigenvalue weighted by Crippen LogP contribution is 2.19. The van der Waals surface area contributed by atoms with Crippen molar-refractivity contribution >= 4 is 17.4 Å². The van der Waals surface area contributed by atoms with E-state index in [1.165, 1.54) is 0 Å². The van der Waals surface area contributed by atoms with Crippen molar-refractivity contribution < 1.29 is 4.74 Å². The van der Waals surface area contributed by atoms with Crippen LogP contribution in [-0.2, 0) is 11.3 Å². The van der Waals surface area contributed by atoms with Crippen molar-refractivity contribution in [1.29, 1.82) is 0 Å². The number of anilines is 1. The molecule has 1 aromatic heterocycles. The Hall–Kier alpha value is -1.10. The van der Waals surface area contributed by atoms with E-state index in [9.17, 15) is 0 Å². The molecule has 4 nitrogen and oxygen atoms in total. The number of nitrogens with zero attached hydrogens (tertiary/aromatic N) is 2. The maximum Gasteiger partial charge on any atom is 0.129 e. The molecule has 1 N–H and O–H groups in total. The number of hydrogen-bond acceptors (Lipinski definition) is 4. The lowest BCUT2D eigenvalue weighted by Crippen LogP contribution is -2.28. The number of pyridine rings is 1. The maximum atomic E-state index is 6.20. The number of aromatic nitrogens is 1. The van der Waals surface area contributed by atoms with Gasteiger partial charge >= 0.3 is 0 Å². The number of hydrogen-bond donors (Lipinski definition) is 1. The summed E-state index contributed by atoms with van der Waals surface area (Å²) >= 11 is 6.20. The van der Waals surface area contributed by atoms with Crippen LogP contribution in [0.25, 0.3) is 0 Å². The molecule has 1 rings (SSSR count). The molecule has 0 spiro atoms. The maximum absolute atomic E-state index is 6.20. The Kier molecular flexibility index (Phi) is 8.26. The van der Waals surface area contributed by atoms with Gasteiger partial charge < -0.3 is 15.0 Å². The van der Waals surface area contributed by atoms with Crippen LogP contribution in [0.3, 0.4) is 0 Å². The predicted molar refractivity (Wildman–Crippen MR) is 85.5 cm³/mol. The van der Waals surface area contributed by atoms with Gasteiger partial charge in [-0.15, -0.1) is 6.58 Å². The van der Waals surface area contributed by atoms with Gasteiger partial charge in [-0.1, -0.05) is 24.6 Å². The third kappa shape index (κ3) is 5.49. The summed E-state index contributed by atoms with van der Waals surface area (Å²) in [5.74, 6) is 0.902. The molecule has 0 aliphatic heterocycles. The molecular formula is C15H24ClN3O. The molecule has 112 valence electrons. The quantitative estimate of drug-likeness (QED) is 0.532. The molecule has 0 aromatic carbocycles. The summed E-state index contributed by atoms with van der Waals surface area (Å²) in [4.78, 5) is 6.77. The van der Waals surface area contributed by atoms with Gasteiger partial charge in [-0.2, -0.15) is 0 Å². The highest BCUT2D eigenvalue weighted by atomic mass is 35.5. The first-order valence-electron chi connectivity index (χ1n) is 6.93. The Morgan fingerprint density at radius 3 is 2.95 bits per heavy atom. The SMILES string of the molecule is C=CCN(CCOC)c1ccc(Cl)c(CNCCC)n1. The Labute approximate surface area is 126 Å². The summed E-state index contributed by atoms with van der Waals surface area (Å²) in [5, 5.41) is 4.02. The van der Waals surface area contributed by atoms with Crippen LogP contribution in [0.4, 0.5) is 5.82 Å². The Morgan fingerprint density at radius 1 is 1.50 bits per heavy atom. The molecule has 0 aliphatic carbocycles. The summed E-state index contributed by atoms with van der Waals surface area (Å²) in [7, 11) is 1.70. The van der Waals surface area contributed by atoms with Gasteiger partial charge in [0.1, 0.15) is 5.82 Å². The van der Waals surface area contributed by atoms with Crippen LogP contribution in [-0.4, -0.2) is 38.3 Å². The van der Waals surface area contributed by atoms with Crippen LogP contribution in [0, 0.1) is 0 Å². The number of methoxy groups -OCH3 is 1. The van der Waals surface area contributed by atoms with E-state index in [1.54, 1.807) is 7.11 Å². The molecule has 20 heavy (non-hydrogen) atoms. The van der Waals surface area contributed by atoms with E-state index in [0.717, 1.165) is 37.6 Å². The molecule has 0 amide bonds. The molecule has 5 heteroatoms. The summed E-state index contributed by atoms with van der Waals surface area (Å²) in [6, 6.07) is 3.83. The minimum atomic E-state index is 0.654. The van der Waals surface area contributed by atoms with E-state index in [1.807, 2.05) is 18.2 Å². The summed E-state index contributed by atoms with van der Waals surface area (Å²) < 4.78 is 5.13. The van der Waals surface area contributed by atoms with Crippen molar-refractivity contribution in [2.75, 3.05) is 38.3 Å². The Bertz CT molecular complexity index is 412. The fourth-order valence-electron chi connectivity index (χ4n) is 1.81. The van der Waals surface area contributed by atoms with E-state index >= 15 is 0 Å². The van der Waals surface area contributed by atoms with Crippen molar-refractivity contribution in [2.24, 2.45) is 0 Å². The molecule has 0 unspecified atom stereocenters. The smallest absolute Gasteiger partial charge is 0.129 e. The first-order valence-corrected chi connectivity index (χ1v) is 7.31. The van der Waals surface area contributed by atoms with Crippen molar-refractivity contribution in [3.63, 3.8) is 0 Å². The normalized spacial score (nSPS) is 10.6. The van der Waals surface area contributed by atoms with E-state index in [0.29, 0.717) is 18.2 Å². The van der Waals surface area contributed by atoms with Gasteiger partial charge in [0.2, 0.25) is 0 Å². The molecular weight excluding hydrogens is 274 g/mol. The molecule has 1 aromatic rings. The van der Waals surface area contributed by atoms with Crippen LogP contribution in [0.15, 0.2) is 24.8 Å². The second-order valence-electron chi connectivity index (χ2n) is 4.50. The Morgan fingerprint density at radius 2 is 2.30 bits per heavy atom. The van der Waals surface area contributed by atoms with E-state index < -0.39 is 0 Å². The van der Waals surface area contributed by atoms with E-state index in [4.69, 9.17) is 16.3 Å². The van der Waals surface area contributed by atoms with E-state index in [-0.39, 0.29) is 0 Å². The molecule has 0 radical (unpaired) electrons. The zero-order chi connectivity index (χ0) is 14.8. The first-order chi connectivity index (χ1) is 9.72. The summed E-state index contributed by atoms with van der Waals surface area (Å²) in [5.41, 5.74) is 0.879. The lowest BCUT2D eigenvalue weighted by Gasteiger charge is -2.22. The second kappa shape index (κ2) is 9.75. The summed E-state index contributed by atoms with van der Waals surface area (Å²) in [6.45, 7) is 9.73. The van der Waals surface area contributed by atoms with Gasteiger partial charge in [-0.25, -0.2) is 4.98 Å². The average Bonchev–Trinajstić information content (AvgIpc) is 2.46. The van der Waals surface area contributed by atoms with Crippen LogP contribution in [0.5, 0.6) is 0 Å². The van der Waals surface area contributed by atoms with Crippen molar-refractivity contribution in [1.82, 2.24) is 10.3 Å². The number of rotatable bonds is 10. The highest BCUT2D eigenvalue weighted by Gasteiger charge is 2.09. The zero-order valence-corrected chi connectivity index (χ0v) is 13.1. The molecule has 0 saturated heterocycles. The largest absolute Gasteiger partial charge is 0.383 e. The fraction of sp³-hybridized carbons (Fsp3) is 0.533. The molecule has 0 saturated carbocycles. The van der Waals surface area contributed by atoms with Crippen molar-refractivity contribution in [3.8, 4) is 0 Å².